The molecule has 2 saturated heterocycles. The van der Waals surface area contributed by atoms with Crippen molar-refractivity contribution in [3.05, 3.63) is 20.3 Å². The van der Waals surface area contributed by atoms with E-state index < -0.39 is 0 Å². The minimum absolute atomic E-state index is 0.0315. The van der Waals surface area contributed by atoms with Gasteiger partial charge >= 0.3 is 0 Å². The van der Waals surface area contributed by atoms with Gasteiger partial charge in [-0.15, -0.1) is 0 Å². The van der Waals surface area contributed by atoms with Crippen molar-refractivity contribution in [3.63, 3.8) is 0 Å². The highest BCUT2D eigenvalue weighted by Gasteiger charge is 2.41. The highest BCUT2D eigenvalue weighted by atomic mass is 127. The SMILES string of the molecule is O=c1[nH]cnc(N2C3CCC2CC(Br)C3)c1I. The molecule has 92 valence electrons. The Hall–Kier alpha value is -0.110. The molecule has 2 bridgehead atoms. The summed E-state index contributed by atoms with van der Waals surface area (Å²) in [6, 6.07) is 1.09. The second-order valence-electron chi connectivity index (χ2n) is 4.73. The molecule has 1 aromatic heterocycles. The molecule has 2 atom stereocenters. The first-order valence-corrected chi connectivity index (χ1v) is 7.82. The molecule has 3 heterocycles. The molecule has 17 heavy (non-hydrogen) atoms. The molecule has 2 fully saturated rings. The summed E-state index contributed by atoms with van der Waals surface area (Å²) >= 11 is 5.83. The van der Waals surface area contributed by atoms with Crippen molar-refractivity contribution in [1.29, 1.82) is 0 Å². The topological polar surface area (TPSA) is 49.0 Å². The standard InChI is InChI=1S/C11H13BrIN3O/c12-6-3-7-1-2-8(4-6)16(7)10-9(13)11(17)15-5-14-10/h5-8H,1-4H2,(H,14,15,17). The van der Waals surface area contributed by atoms with E-state index in [2.05, 4.69) is 53.4 Å². The Morgan fingerprint density at radius 1 is 1.41 bits per heavy atom. The smallest absolute Gasteiger partial charge is 0.266 e. The number of rotatable bonds is 1. The van der Waals surface area contributed by atoms with Gasteiger partial charge in [-0.1, -0.05) is 15.9 Å². The number of anilines is 1. The predicted molar refractivity (Wildman–Crippen MR) is 78.8 cm³/mol. The quantitative estimate of drug-likeness (QED) is 0.571. The van der Waals surface area contributed by atoms with Crippen LogP contribution in [0.15, 0.2) is 11.1 Å². The van der Waals surface area contributed by atoms with Crippen molar-refractivity contribution in [1.82, 2.24) is 9.97 Å². The minimum atomic E-state index is -0.0315. The minimum Gasteiger partial charge on any atom is -0.349 e. The monoisotopic (exact) mass is 409 g/mol. The van der Waals surface area contributed by atoms with Gasteiger partial charge in [-0.3, -0.25) is 4.79 Å². The van der Waals surface area contributed by atoms with E-state index in [9.17, 15) is 4.79 Å². The van der Waals surface area contributed by atoms with E-state index in [1.54, 1.807) is 0 Å². The van der Waals surface area contributed by atoms with Crippen LogP contribution in [0.3, 0.4) is 0 Å². The van der Waals surface area contributed by atoms with Gasteiger partial charge in [0.15, 0.2) is 0 Å². The van der Waals surface area contributed by atoms with Crippen molar-refractivity contribution < 1.29 is 0 Å². The van der Waals surface area contributed by atoms with Crippen molar-refractivity contribution in [2.75, 3.05) is 4.90 Å². The molecule has 6 heteroatoms. The summed E-state index contributed by atoms with van der Waals surface area (Å²) in [5.74, 6) is 0.876. The summed E-state index contributed by atoms with van der Waals surface area (Å²) in [4.78, 5) is 21.6. The summed E-state index contributed by atoms with van der Waals surface area (Å²) in [5, 5.41) is 0. The Bertz CT molecular complexity index is 478. The summed E-state index contributed by atoms with van der Waals surface area (Å²) < 4.78 is 0.718. The van der Waals surface area contributed by atoms with Gasteiger partial charge in [0.05, 0.1) is 6.33 Å². The van der Waals surface area contributed by atoms with Crippen LogP contribution in [-0.2, 0) is 0 Å². The number of nitrogens with one attached hydrogen (secondary N) is 1. The van der Waals surface area contributed by atoms with Gasteiger partial charge in [0.1, 0.15) is 9.39 Å². The number of fused-ring (bicyclic) bond motifs is 2. The Kier molecular flexibility index (Phi) is 3.18. The summed E-state index contributed by atoms with van der Waals surface area (Å²) in [6.07, 6.45) is 6.26. The van der Waals surface area contributed by atoms with Crippen LogP contribution in [0, 0.1) is 3.57 Å². The van der Waals surface area contributed by atoms with Gasteiger partial charge in [-0.05, 0) is 48.3 Å². The molecule has 0 saturated carbocycles. The van der Waals surface area contributed by atoms with Gasteiger partial charge in [0, 0.05) is 16.9 Å². The van der Waals surface area contributed by atoms with Gasteiger partial charge in [-0.2, -0.15) is 0 Å². The zero-order valence-corrected chi connectivity index (χ0v) is 12.9. The van der Waals surface area contributed by atoms with Crippen LogP contribution in [0.1, 0.15) is 25.7 Å². The van der Waals surface area contributed by atoms with E-state index in [-0.39, 0.29) is 5.56 Å². The average Bonchev–Trinajstić information content (AvgIpc) is 2.55. The van der Waals surface area contributed by atoms with Gasteiger partial charge in [-0.25, -0.2) is 4.98 Å². The molecule has 2 aliphatic heterocycles. The molecule has 1 N–H and O–H groups in total. The molecule has 0 amide bonds. The fraction of sp³-hybridized carbons (Fsp3) is 0.636. The number of hydrogen-bond acceptors (Lipinski definition) is 3. The van der Waals surface area contributed by atoms with Crippen LogP contribution in [0.4, 0.5) is 5.82 Å². The second-order valence-corrected chi connectivity index (χ2v) is 7.10. The lowest BCUT2D eigenvalue weighted by molar-refractivity contribution is 0.478. The van der Waals surface area contributed by atoms with E-state index >= 15 is 0 Å². The molecule has 3 rings (SSSR count). The molecular weight excluding hydrogens is 397 g/mol. The first-order valence-electron chi connectivity index (χ1n) is 5.82. The maximum Gasteiger partial charge on any atom is 0.266 e. The van der Waals surface area contributed by atoms with Gasteiger partial charge < -0.3 is 9.88 Å². The van der Waals surface area contributed by atoms with E-state index in [4.69, 9.17) is 0 Å². The van der Waals surface area contributed by atoms with Crippen molar-refractivity contribution in [3.8, 4) is 0 Å². The lowest BCUT2D eigenvalue weighted by Crippen LogP contribution is -2.44. The van der Waals surface area contributed by atoms with E-state index in [1.165, 1.54) is 19.2 Å². The van der Waals surface area contributed by atoms with Gasteiger partial charge in [0.25, 0.3) is 5.56 Å². The van der Waals surface area contributed by atoms with Crippen LogP contribution >= 0.6 is 38.5 Å². The Morgan fingerprint density at radius 2 is 2.06 bits per heavy atom. The van der Waals surface area contributed by atoms with Crippen LogP contribution in [0.25, 0.3) is 0 Å². The molecule has 0 spiro atoms. The number of hydrogen-bond donors (Lipinski definition) is 1. The second kappa shape index (κ2) is 4.53. The molecule has 2 aliphatic rings. The Balaban J connectivity index is 2.00. The predicted octanol–water partition coefficient (Wildman–Crippen LogP) is 2.27. The molecule has 1 aromatic rings. The van der Waals surface area contributed by atoms with Gasteiger partial charge in [0.2, 0.25) is 0 Å². The summed E-state index contributed by atoms with van der Waals surface area (Å²) in [7, 11) is 0. The highest BCUT2D eigenvalue weighted by molar-refractivity contribution is 14.1. The van der Waals surface area contributed by atoms with E-state index in [0.29, 0.717) is 16.9 Å². The Morgan fingerprint density at radius 3 is 2.71 bits per heavy atom. The molecule has 0 radical (unpaired) electrons. The molecule has 4 nitrogen and oxygen atoms in total. The largest absolute Gasteiger partial charge is 0.349 e. The van der Waals surface area contributed by atoms with Crippen LogP contribution in [0.5, 0.6) is 0 Å². The number of nitrogens with zero attached hydrogens (tertiary/aromatic N) is 2. The zero-order valence-electron chi connectivity index (χ0n) is 9.20. The number of aromatic nitrogens is 2. The molecule has 0 aliphatic carbocycles. The van der Waals surface area contributed by atoms with Crippen molar-refractivity contribution >= 4 is 44.3 Å². The number of piperidine rings is 1. The van der Waals surface area contributed by atoms with Crippen molar-refractivity contribution in [2.24, 2.45) is 0 Å². The molecular formula is C11H13BrIN3O. The normalized spacial score (nSPS) is 31.9. The summed E-state index contributed by atoms with van der Waals surface area (Å²) in [6.45, 7) is 0. The highest BCUT2D eigenvalue weighted by Crippen LogP contribution is 2.41. The number of H-pyrrole nitrogens is 1. The maximum absolute atomic E-state index is 11.6. The lowest BCUT2D eigenvalue weighted by atomic mass is 10.0. The molecule has 0 aromatic carbocycles. The maximum atomic E-state index is 11.6. The number of halogens is 2. The number of alkyl halides is 1. The van der Waals surface area contributed by atoms with E-state index in [0.717, 1.165) is 22.2 Å². The first kappa shape index (κ1) is 12.0. The fourth-order valence-electron chi connectivity index (χ4n) is 3.01. The zero-order chi connectivity index (χ0) is 12.0. The third-order valence-electron chi connectivity index (χ3n) is 3.70. The third-order valence-corrected chi connectivity index (χ3v) is 5.42. The fourth-order valence-corrected chi connectivity index (χ4v) is 4.45. The first-order chi connectivity index (χ1) is 8.16. The van der Waals surface area contributed by atoms with Crippen LogP contribution < -0.4 is 10.5 Å². The van der Waals surface area contributed by atoms with Crippen LogP contribution in [-0.4, -0.2) is 26.9 Å². The Labute approximate surface area is 121 Å². The average molecular weight is 410 g/mol. The van der Waals surface area contributed by atoms with E-state index in [1.807, 2.05) is 0 Å². The molecule has 2 unspecified atom stereocenters. The van der Waals surface area contributed by atoms with Crippen molar-refractivity contribution in [2.45, 2.75) is 42.6 Å². The number of aromatic amines is 1. The summed E-state index contributed by atoms with van der Waals surface area (Å²) in [5.41, 5.74) is -0.0315. The lowest BCUT2D eigenvalue weighted by Gasteiger charge is -2.38. The van der Waals surface area contributed by atoms with Crippen LogP contribution in [0.2, 0.25) is 0 Å². The third kappa shape index (κ3) is 2.03.